The molecule has 0 aromatic heterocycles. The van der Waals surface area contributed by atoms with Gasteiger partial charge in [-0.05, 0) is 13.0 Å². The molecule has 0 amide bonds. The van der Waals surface area contributed by atoms with Crippen LogP contribution in [0.15, 0.2) is 0 Å². The number of ether oxygens (including phenoxy) is 1. The molecule has 0 aromatic rings. The Kier molecular flexibility index (Phi) is 5.35. The van der Waals surface area contributed by atoms with E-state index < -0.39 is 0 Å². The van der Waals surface area contributed by atoms with Crippen molar-refractivity contribution in [2.24, 2.45) is 5.73 Å². The summed E-state index contributed by atoms with van der Waals surface area (Å²) in [5, 5.41) is 0. The van der Waals surface area contributed by atoms with Crippen molar-refractivity contribution in [1.29, 1.82) is 0 Å². The summed E-state index contributed by atoms with van der Waals surface area (Å²) in [6, 6.07) is 0. The molecule has 0 bridgehead atoms. The second-order valence-corrected chi connectivity index (χ2v) is 3.74. The summed E-state index contributed by atoms with van der Waals surface area (Å²) in [6.07, 6.45) is 4.22. The Labute approximate surface area is 81.2 Å². The van der Waals surface area contributed by atoms with Gasteiger partial charge in [-0.2, -0.15) is 0 Å². The Morgan fingerprint density at radius 2 is 2.31 bits per heavy atom. The summed E-state index contributed by atoms with van der Waals surface area (Å²) < 4.78 is 5.50. The SMILES string of the molecule is CCCCCN1CCOC(CN)C1. The molecule has 1 heterocycles. The average molecular weight is 186 g/mol. The third-order valence-corrected chi connectivity index (χ3v) is 2.56. The van der Waals surface area contributed by atoms with Crippen LogP contribution in [0.5, 0.6) is 0 Å². The molecule has 1 saturated heterocycles. The van der Waals surface area contributed by atoms with Crippen LogP contribution in [-0.4, -0.2) is 43.8 Å². The van der Waals surface area contributed by atoms with Crippen LogP contribution < -0.4 is 5.73 Å². The zero-order valence-electron chi connectivity index (χ0n) is 8.67. The fraction of sp³-hybridized carbons (Fsp3) is 1.00. The molecule has 1 fully saturated rings. The highest BCUT2D eigenvalue weighted by Crippen LogP contribution is 2.06. The third kappa shape index (κ3) is 4.07. The lowest BCUT2D eigenvalue weighted by molar-refractivity contribution is -0.0234. The number of hydrogen-bond donors (Lipinski definition) is 1. The quantitative estimate of drug-likeness (QED) is 0.647. The van der Waals surface area contributed by atoms with Crippen LogP contribution in [0.25, 0.3) is 0 Å². The van der Waals surface area contributed by atoms with Crippen LogP contribution >= 0.6 is 0 Å². The van der Waals surface area contributed by atoms with Crippen LogP contribution in [-0.2, 0) is 4.74 Å². The van der Waals surface area contributed by atoms with E-state index >= 15 is 0 Å². The molecular weight excluding hydrogens is 164 g/mol. The maximum Gasteiger partial charge on any atom is 0.0824 e. The topological polar surface area (TPSA) is 38.5 Å². The second-order valence-electron chi connectivity index (χ2n) is 3.74. The van der Waals surface area contributed by atoms with Crippen molar-refractivity contribution in [3.63, 3.8) is 0 Å². The van der Waals surface area contributed by atoms with Crippen molar-refractivity contribution in [3.05, 3.63) is 0 Å². The van der Waals surface area contributed by atoms with Gasteiger partial charge in [0.15, 0.2) is 0 Å². The second kappa shape index (κ2) is 6.35. The first kappa shape index (κ1) is 11.0. The Bertz CT molecular complexity index is 130. The smallest absolute Gasteiger partial charge is 0.0824 e. The fourth-order valence-corrected chi connectivity index (χ4v) is 1.71. The predicted octanol–water partition coefficient (Wildman–Crippen LogP) is 0.836. The van der Waals surface area contributed by atoms with Crippen molar-refractivity contribution in [2.45, 2.75) is 32.3 Å². The highest BCUT2D eigenvalue weighted by molar-refractivity contribution is 4.71. The van der Waals surface area contributed by atoms with Crippen molar-refractivity contribution >= 4 is 0 Å². The minimum Gasteiger partial charge on any atom is -0.374 e. The molecule has 0 radical (unpaired) electrons. The van der Waals surface area contributed by atoms with Gasteiger partial charge in [0.1, 0.15) is 0 Å². The van der Waals surface area contributed by atoms with Gasteiger partial charge in [0.2, 0.25) is 0 Å². The van der Waals surface area contributed by atoms with Crippen molar-refractivity contribution in [2.75, 3.05) is 32.8 Å². The van der Waals surface area contributed by atoms with Crippen LogP contribution in [0.1, 0.15) is 26.2 Å². The molecule has 3 nitrogen and oxygen atoms in total. The Morgan fingerprint density at radius 3 is 3.00 bits per heavy atom. The van der Waals surface area contributed by atoms with Crippen LogP contribution in [0, 0.1) is 0 Å². The normalized spacial score (nSPS) is 24.9. The largest absolute Gasteiger partial charge is 0.374 e. The van der Waals surface area contributed by atoms with E-state index in [4.69, 9.17) is 10.5 Å². The van der Waals surface area contributed by atoms with Crippen molar-refractivity contribution in [1.82, 2.24) is 4.90 Å². The lowest BCUT2D eigenvalue weighted by Gasteiger charge is -2.32. The zero-order valence-corrected chi connectivity index (χ0v) is 8.67. The van der Waals surface area contributed by atoms with Gasteiger partial charge in [-0.15, -0.1) is 0 Å². The lowest BCUT2D eigenvalue weighted by Crippen LogP contribution is -2.45. The molecule has 1 aliphatic rings. The summed E-state index contributed by atoms with van der Waals surface area (Å²) in [5.41, 5.74) is 5.57. The first-order chi connectivity index (χ1) is 6.36. The predicted molar refractivity (Wildman–Crippen MR) is 54.8 cm³/mol. The van der Waals surface area contributed by atoms with E-state index in [0.29, 0.717) is 6.54 Å². The summed E-state index contributed by atoms with van der Waals surface area (Å²) in [6.45, 7) is 7.08. The summed E-state index contributed by atoms with van der Waals surface area (Å²) in [5.74, 6) is 0. The highest BCUT2D eigenvalue weighted by atomic mass is 16.5. The number of rotatable bonds is 5. The van der Waals surface area contributed by atoms with Gasteiger partial charge in [0.05, 0.1) is 12.7 Å². The minimum absolute atomic E-state index is 0.273. The Hall–Kier alpha value is -0.120. The maximum atomic E-state index is 5.57. The van der Waals surface area contributed by atoms with Gasteiger partial charge in [-0.1, -0.05) is 19.8 Å². The molecule has 2 N–H and O–H groups in total. The molecular formula is C10H22N2O. The molecule has 0 saturated carbocycles. The molecule has 13 heavy (non-hydrogen) atoms. The molecule has 78 valence electrons. The van der Waals surface area contributed by atoms with Crippen molar-refractivity contribution < 1.29 is 4.74 Å². The molecule has 1 rings (SSSR count). The monoisotopic (exact) mass is 186 g/mol. The van der Waals surface area contributed by atoms with E-state index in [1.165, 1.54) is 25.8 Å². The molecule has 0 aliphatic carbocycles. The number of nitrogens with zero attached hydrogens (tertiary/aromatic N) is 1. The number of unbranched alkanes of at least 4 members (excludes halogenated alkanes) is 2. The standard InChI is InChI=1S/C10H22N2O/c1-2-3-4-5-12-6-7-13-10(8-11)9-12/h10H,2-9,11H2,1H3. The summed E-state index contributed by atoms with van der Waals surface area (Å²) in [7, 11) is 0. The van der Waals surface area contributed by atoms with Crippen LogP contribution in [0.4, 0.5) is 0 Å². The first-order valence-electron chi connectivity index (χ1n) is 5.40. The minimum atomic E-state index is 0.273. The highest BCUT2D eigenvalue weighted by Gasteiger charge is 2.17. The Balaban J connectivity index is 2.11. The van der Waals surface area contributed by atoms with E-state index in [-0.39, 0.29) is 6.10 Å². The molecule has 0 aromatic carbocycles. The molecule has 0 spiro atoms. The Morgan fingerprint density at radius 1 is 1.46 bits per heavy atom. The lowest BCUT2D eigenvalue weighted by atomic mass is 10.2. The molecule has 1 atom stereocenters. The van der Waals surface area contributed by atoms with Gasteiger partial charge < -0.3 is 10.5 Å². The number of nitrogens with two attached hydrogens (primary N) is 1. The van der Waals surface area contributed by atoms with Gasteiger partial charge in [-0.3, -0.25) is 4.90 Å². The van der Waals surface area contributed by atoms with Crippen LogP contribution in [0.3, 0.4) is 0 Å². The fourth-order valence-electron chi connectivity index (χ4n) is 1.71. The number of hydrogen-bond acceptors (Lipinski definition) is 3. The number of morpholine rings is 1. The summed E-state index contributed by atoms with van der Waals surface area (Å²) in [4.78, 5) is 2.47. The summed E-state index contributed by atoms with van der Waals surface area (Å²) >= 11 is 0. The van der Waals surface area contributed by atoms with E-state index in [1.54, 1.807) is 0 Å². The molecule has 1 unspecified atom stereocenters. The molecule has 3 heteroatoms. The van der Waals surface area contributed by atoms with Gasteiger partial charge in [0.25, 0.3) is 0 Å². The maximum absolute atomic E-state index is 5.57. The van der Waals surface area contributed by atoms with E-state index in [1.807, 2.05) is 0 Å². The zero-order chi connectivity index (χ0) is 9.52. The van der Waals surface area contributed by atoms with Crippen molar-refractivity contribution in [3.8, 4) is 0 Å². The van der Waals surface area contributed by atoms with Gasteiger partial charge >= 0.3 is 0 Å². The average Bonchev–Trinajstić information content (AvgIpc) is 2.19. The third-order valence-electron chi connectivity index (χ3n) is 2.56. The van der Waals surface area contributed by atoms with E-state index in [0.717, 1.165) is 19.7 Å². The van der Waals surface area contributed by atoms with Gasteiger partial charge in [0, 0.05) is 19.6 Å². The first-order valence-corrected chi connectivity index (χ1v) is 5.40. The van der Waals surface area contributed by atoms with Crippen LogP contribution in [0.2, 0.25) is 0 Å². The molecule has 1 aliphatic heterocycles. The van der Waals surface area contributed by atoms with Gasteiger partial charge in [-0.25, -0.2) is 0 Å². The van der Waals surface area contributed by atoms with E-state index in [2.05, 4.69) is 11.8 Å². The van der Waals surface area contributed by atoms with E-state index in [9.17, 15) is 0 Å².